The second-order valence-corrected chi connectivity index (χ2v) is 4.89. The molecule has 0 aliphatic carbocycles. The van der Waals surface area contributed by atoms with E-state index in [0.717, 1.165) is 16.5 Å². The Morgan fingerprint density at radius 1 is 1.40 bits per heavy atom. The molecule has 0 atom stereocenters. The van der Waals surface area contributed by atoms with Crippen molar-refractivity contribution in [3.05, 3.63) is 45.4 Å². The monoisotopic (exact) mass is 286 g/mol. The third kappa shape index (κ3) is 4.18. The summed E-state index contributed by atoms with van der Waals surface area (Å²) in [6.45, 7) is 5.69. The lowest BCUT2D eigenvalue weighted by molar-refractivity contribution is 0.0983. The molecule has 0 saturated heterocycles. The second-order valence-electron chi connectivity index (χ2n) is 3.54. The van der Waals surface area contributed by atoms with Gasteiger partial charge in [-0.15, -0.1) is 6.58 Å². The first-order valence-electron chi connectivity index (χ1n) is 4.62. The maximum absolute atomic E-state index is 11.7. The van der Waals surface area contributed by atoms with E-state index in [1.165, 1.54) is 0 Å². The lowest BCUT2D eigenvalue weighted by atomic mass is 10.0. The van der Waals surface area contributed by atoms with Gasteiger partial charge in [-0.05, 0) is 31.5 Å². The van der Waals surface area contributed by atoms with Gasteiger partial charge in [0.1, 0.15) is 0 Å². The molecule has 1 rings (SSSR count). The highest BCUT2D eigenvalue weighted by molar-refractivity contribution is 9.10. The summed E-state index contributed by atoms with van der Waals surface area (Å²) in [5.74, 6) is 0.0983. The van der Waals surface area contributed by atoms with Gasteiger partial charge in [0, 0.05) is 21.5 Å². The van der Waals surface area contributed by atoms with Gasteiger partial charge in [0.15, 0.2) is 5.78 Å². The van der Waals surface area contributed by atoms with Crippen molar-refractivity contribution in [1.82, 2.24) is 0 Å². The highest BCUT2D eigenvalue weighted by Gasteiger charge is 2.07. The molecule has 0 spiro atoms. The van der Waals surface area contributed by atoms with Gasteiger partial charge in [-0.25, -0.2) is 0 Å². The van der Waals surface area contributed by atoms with Crippen LogP contribution in [0.4, 0.5) is 0 Å². The third-order valence-corrected chi connectivity index (χ3v) is 2.64. The van der Waals surface area contributed by atoms with Crippen LogP contribution < -0.4 is 0 Å². The van der Waals surface area contributed by atoms with E-state index in [1.54, 1.807) is 18.2 Å². The molecular formula is C12H12BrClO. The Morgan fingerprint density at radius 2 is 2.07 bits per heavy atom. The number of benzene rings is 1. The maximum atomic E-state index is 11.7. The molecule has 0 aliphatic rings. The van der Waals surface area contributed by atoms with E-state index in [1.807, 2.05) is 6.92 Å². The first-order chi connectivity index (χ1) is 6.99. The summed E-state index contributed by atoms with van der Waals surface area (Å²) < 4.78 is 0.827. The normalized spacial score (nSPS) is 10.1. The lowest BCUT2D eigenvalue weighted by Gasteiger charge is -2.02. The molecule has 1 aromatic rings. The number of halogens is 2. The zero-order valence-corrected chi connectivity index (χ0v) is 10.9. The Balaban J connectivity index is 2.77. The number of ketones is 1. The van der Waals surface area contributed by atoms with Crippen LogP contribution in [-0.4, -0.2) is 5.78 Å². The predicted octanol–water partition coefficient (Wildman–Crippen LogP) is 4.64. The van der Waals surface area contributed by atoms with Crippen molar-refractivity contribution in [2.24, 2.45) is 0 Å². The summed E-state index contributed by atoms with van der Waals surface area (Å²) in [4.78, 5) is 11.7. The maximum Gasteiger partial charge on any atom is 0.163 e. The topological polar surface area (TPSA) is 17.1 Å². The van der Waals surface area contributed by atoms with Gasteiger partial charge in [-0.3, -0.25) is 4.79 Å². The number of hydrogen-bond acceptors (Lipinski definition) is 1. The molecule has 1 aromatic carbocycles. The number of rotatable bonds is 4. The Bertz CT molecular complexity index is 378. The zero-order chi connectivity index (χ0) is 11.4. The summed E-state index contributed by atoms with van der Waals surface area (Å²) in [6, 6.07) is 5.23. The summed E-state index contributed by atoms with van der Waals surface area (Å²) in [5, 5.41) is 0.572. The molecule has 0 radical (unpaired) electrons. The van der Waals surface area contributed by atoms with Gasteiger partial charge in [-0.2, -0.15) is 0 Å². The Morgan fingerprint density at radius 3 is 2.60 bits per heavy atom. The third-order valence-electron chi connectivity index (χ3n) is 1.96. The van der Waals surface area contributed by atoms with Gasteiger partial charge in [0.25, 0.3) is 0 Å². The van der Waals surface area contributed by atoms with Crippen LogP contribution in [0.3, 0.4) is 0 Å². The molecule has 0 aromatic heterocycles. The van der Waals surface area contributed by atoms with E-state index < -0.39 is 0 Å². The van der Waals surface area contributed by atoms with E-state index in [9.17, 15) is 4.79 Å². The SMILES string of the molecule is C=C(C)CCC(=O)c1cc(Cl)cc(Br)c1. The van der Waals surface area contributed by atoms with Crippen LogP contribution in [-0.2, 0) is 0 Å². The number of carbonyl (C=O) groups is 1. The largest absolute Gasteiger partial charge is 0.294 e. The van der Waals surface area contributed by atoms with E-state index in [-0.39, 0.29) is 5.78 Å². The van der Waals surface area contributed by atoms with Crippen LogP contribution in [0.1, 0.15) is 30.1 Å². The fourth-order valence-electron chi connectivity index (χ4n) is 1.19. The Hall–Kier alpha value is -0.600. The molecular weight excluding hydrogens is 275 g/mol. The van der Waals surface area contributed by atoms with Crippen LogP contribution in [0.2, 0.25) is 5.02 Å². The standard InChI is InChI=1S/C12H12BrClO/c1-8(2)3-4-12(15)9-5-10(13)7-11(14)6-9/h5-7H,1,3-4H2,2H3. The average molecular weight is 288 g/mol. The van der Waals surface area contributed by atoms with Crippen LogP contribution >= 0.6 is 27.5 Å². The average Bonchev–Trinajstić information content (AvgIpc) is 2.12. The predicted molar refractivity (Wildman–Crippen MR) is 67.5 cm³/mol. The minimum atomic E-state index is 0.0983. The molecule has 0 fully saturated rings. The van der Waals surface area contributed by atoms with Crippen molar-refractivity contribution in [2.75, 3.05) is 0 Å². The van der Waals surface area contributed by atoms with Gasteiger partial charge in [0.05, 0.1) is 0 Å². The molecule has 0 saturated carbocycles. The molecule has 0 amide bonds. The molecule has 3 heteroatoms. The summed E-state index contributed by atoms with van der Waals surface area (Å²) in [7, 11) is 0. The molecule has 0 unspecified atom stereocenters. The minimum Gasteiger partial charge on any atom is -0.294 e. The summed E-state index contributed by atoms with van der Waals surface area (Å²) >= 11 is 9.16. The quantitative estimate of drug-likeness (QED) is 0.582. The van der Waals surface area contributed by atoms with Crippen LogP contribution in [0.15, 0.2) is 34.8 Å². The minimum absolute atomic E-state index is 0.0983. The number of hydrogen-bond donors (Lipinski definition) is 0. The first-order valence-corrected chi connectivity index (χ1v) is 5.80. The van der Waals surface area contributed by atoms with Gasteiger partial charge in [0.2, 0.25) is 0 Å². The molecule has 0 heterocycles. The Kier molecular flexibility index (Phi) is 4.55. The molecule has 0 bridgehead atoms. The zero-order valence-electron chi connectivity index (χ0n) is 8.52. The fourth-order valence-corrected chi connectivity index (χ4v) is 2.05. The first kappa shape index (κ1) is 12.5. The van der Waals surface area contributed by atoms with Gasteiger partial charge in [-0.1, -0.05) is 33.1 Å². The van der Waals surface area contributed by atoms with Crippen LogP contribution in [0, 0.1) is 0 Å². The van der Waals surface area contributed by atoms with Crippen molar-refractivity contribution in [3.63, 3.8) is 0 Å². The molecule has 15 heavy (non-hydrogen) atoms. The second kappa shape index (κ2) is 5.47. The van der Waals surface area contributed by atoms with Crippen molar-refractivity contribution in [1.29, 1.82) is 0 Å². The number of carbonyl (C=O) groups excluding carboxylic acids is 1. The molecule has 1 nitrogen and oxygen atoms in total. The van der Waals surface area contributed by atoms with Crippen LogP contribution in [0.5, 0.6) is 0 Å². The fraction of sp³-hybridized carbons (Fsp3) is 0.250. The molecule has 80 valence electrons. The van der Waals surface area contributed by atoms with Crippen molar-refractivity contribution in [3.8, 4) is 0 Å². The number of allylic oxidation sites excluding steroid dienone is 1. The summed E-state index contributed by atoms with van der Waals surface area (Å²) in [6.07, 6.45) is 1.21. The van der Waals surface area contributed by atoms with E-state index in [2.05, 4.69) is 22.5 Å². The van der Waals surface area contributed by atoms with Gasteiger partial charge < -0.3 is 0 Å². The lowest BCUT2D eigenvalue weighted by Crippen LogP contribution is -1.99. The highest BCUT2D eigenvalue weighted by atomic mass is 79.9. The Labute approximate surface area is 103 Å². The number of Topliss-reactive ketones (excluding diaryl/α,β-unsaturated/α-hetero) is 1. The van der Waals surface area contributed by atoms with E-state index in [0.29, 0.717) is 17.0 Å². The van der Waals surface area contributed by atoms with Crippen molar-refractivity contribution in [2.45, 2.75) is 19.8 Å². The summed E-state index contributed by atoms with van der Waals surface area (Å²) in [5.41, 5.74) is 1.67. The van der Waals surface area contributed by atoms with Gasteiger partial charge >= 0.3 is 0 Å². The van der Waals surface area contributed by atoms with Crippen molar-refractivity contribution >= 4 is 33.3 Å². The van der Waals surface area contributed by atoms with Crippen molar-refractivity contribution < 1.29 is 4.79 Å². The smallest absolute Gasteiger partial charge is 0.163 e. The highest BCUT2D eigenvalue weighted by Crippen LogP contribution is 2.21. The van der Waals surface area contributed by atoms with Crippen LogP contribution in [0.25, 0.3) is 0 Å². The van der Waals surface area contributed by atoms with E-state index in [4.69, 9.17) is 11.6 Å². The molecule has 0 aliphatic heterocycles. The van der Waals surface area contributed by atoms with E-state index >= 15 is 0 Å². The molecule has 0 N–H and O–H groups in total.